The van der Waals surface area contributed by atoms with Crippen molar-refractivity contribution in [1.29, 1.82) is 0 Å². The summed E-state index contributed by atoms with van der Waals surface area (Å²) in [6, 6.07) is 5.38. The second-order valence-corrected chi connectivity index (χ2v) is 5.07. The van der Waals surface area contributed by atoms with E-state index in [2.05, 4.69) is 31.9 Å². The van der Waals surface area contributed by atoms with Crippen LogP contribution < -0.4 is 0 Å². The predicted molar refractivity (Wildman–Crippen MR) is 69.4 cm³/mol. The van der Waals surface area contributed by atoms with Crippen LogP contribution in [0.4, 0.5) is 0 Å². The fraction of sp³-hybridized carbons (Fsp3) is 0.167. The summed E-state index contributed by atoms with van der Waals surface area (Å²) in [5.74, 6) is -0.268. The van der Waals surface area contributed by atoms with Gasteiger partial charge in [-0.15, -0.1) is 0 Å². The summed E-state index contributed by atoms with van der Waals surface area (Å²) >= 11 is 6.29. The largest absolute Gasteiger partial charge is 0.288 e. The van der Waals surface area contributed by atoms with Gasteiger partial charge in [0.05, 0.1) is 8.96 Å². The molecule has 0 saturated heterocycles. The fourth-order valence-corrected chi connectivity index (χ4v) is 2.55. The zero-order valence-corrected chi connectivity index (χ0v) is 11.7. The number of hydrogen-bond acceptors (Lipinski definition) is 2. The van der Waals surface area contributed by atoms with Crippen LogP contribution in [0.2, 0.25) is 0 Å². The summed E-state index contributed by atoms with van der Waals surface area (Å²) in [4.78, 5) is 24.0. The van der Waals surface area contributed by atoms with E-state index in [4.69, 9.17) is 0 Å². The molecule has 2 rings (SSSR count). The number of Topliss-reactive ketones (excluding diaryl/α,β-unsaturated/α-hetero) is 2. The monoisotopic (exact) mass is 342 g/mol. The lowest BCUT2D eigenvalue weighted by Gasteiger charge is -2.17. The summed E-state index contributed by atoms with van der Waals surface area (Å²) in [5, 5.41) is 0. The Balaban J connectivity index is 2.76. The quantitative estimate of drug-likeness (QED) is 0.780. The smallest absolute Gasteiger partial charge is 0.202 e. The first-order valence-electron chi connectivity index (χ1n) is 4.84. The molecular weight excluding hydrogens is 336 g/mol. The van der Waals surface area contributed by atoms with Crippen LogP contribution in [-0.2, 0) is 6.42 Å². The molecule has 0 radical (unpaired) electrons. The standard InChI is InChI=1S/C12H8Br2O2/c1-2-6-4-3-5-7-8(6)12(16)10(14)9(13)11(7)15/h3-5H,2H2,1H3. The molecule has 0 atom stereocenters. The van der Waals surface area contributed by atoms with Crippen molar-refractivity contribution in [3.63, 3.8) is 0 Å². The number of halogens is 2. The second-order valence-electron chi connectivity index (χ2n) is 3.48. The number of benzene rings is 1. The van der Waals surface area contributed by atoms with E-state index in [9.17, 15) is 9.59 Å². The van der Waals surface area contributed by atoms with Crippen molar-refractivity contribution in [2.75, 3.05) is 0 Å². The number of ketones is 2. The van der Waals surface area contributed by atoms with Gasteiger partial charge >= 0.3 is 0 Å². The highest BCUT2D eigenvalue weighted by atomic mass is 79.9. The normalized spacial score (nSPS) is 15.4. The highest BCUT2D eigenvalue weighted by Gasteiger charge is 2.31. The highest BCUT2D eigenvalue weighted by Crippen LogP contribution is 2.34. The first-order chi connectivity index (χ1) is 7.57. The maximum Gasteiger partial charge on any atom is 0.202 e. The molecule has 1 aromatic rings. The zero-order valence-electron chi connectivity index (χ0n) is 8.51. The maximum atomic E-state index is 12.1. The summed E-state index contributed by atoms with van der Waals surface area (Å²) < 4.78 is 0.615. The third kappa shape index (κ3) is 1.60. The summed E-state index contributed by atoms with van der Waals surface area (Å²) in [6.45, 7) is 1.97. The minimum absolute atomic E-state index is 0.126. The van der Waals surface area contributed by atoms with Crippen LogP contribution in [0.25, 0.3) is 0 Å². The van der Waals surface area contributed by atoms with E-state index in [1.807, 2.05) is 19.1 Å². The van der Waals surface area contributed by atoms with Crippen molar-refractivity contribution >= 4 is 43.4 Å². The first-order valence-corrected chi connectivity index (χ1v) is 6.43. The molecule has 0 unspecified atom stereocenters. The van der Waals surface area contributed by atoms with Gasteiger partial charge in [-0.3, -0.25) is 9.59 Å². The Morgan fingerprint density at radius 1 is 1.06 bits per heavy atom. The number of carbonyl (C=O) groups is 2. The SMILES string of the molecule is CCc1cccc2c1C(=O)C(Br)=C(Br)C2=O. The third-order valence-corrected chi connectivity index (χ3v) is 4.64. The average molecular weight is 344 g/mol. The van der Waals surface area contributed by atoms with E-state index < -0.39 is 0 Å². The average Bonchev–Trinajstić information content (AvgIpc) is 2.32. The van der Waals surface area contributed by atoms with E-state index in [0.717, 1.165) is 12.0 Å². The van der Waals surface area contributed by atoms with Crippen molar-refractivity contribution in [2.24, 2.45) is 0 Å². The molecule has 4 heteroatoms. The van der Waals surface area contributed by atoms with Gasteiger partial charge in [0.2, 0.25) is 11.6 Å². The van der Waals surface area contributed by atoms with Gasteiger partial charge in [0, 0.05) is 11.1 Å². The maximum absolute atomic E-state index is 12.1. The van der Waals surface area contributed by atoms with Crippen LogP contribution in [0.1, 0.15) is 33.2 Å². The Morgan fingerprint density at radius 3 is 2.31 bits per heavy atom. The molecule has 82 valence electrons. The topological polar surface area (TPSA) is 34.1 Å². The van der Waals surface area contributed by atoms with Crippen molar-refractivity contribution in [1.82, 2.24) is 0 Å². The molecule has 0 N–H and O–H groups in total. The lowest BCUT2D eigenvalue weighted by atomic mass is 9.90. The van der Waals surface area contributed by atoms with Crippen LogP contribution in [0.3, 0.4) is 0 Å². The Labute approximate surface area is 110 Å². The van der Waals surface area contributed by atoms with E-state index in [0.29, 0.717) is 20.1 Å². The molecule has 0 saturated carbocycles. The third-order valence-electron chi connectivity index (χ3n) is 2.59. The Kier molecular flexibility index (Phi) is 3.13. The number of allylic oxidation sites excluding steroid dienone is 2. The first kappa shape index (κ1) is 11.7. The molecule has 2 nitrogen and oxygen atoms in total. The van der Waals surface area contributed by atoms with Crippen LogP contribution in [0, 0.1) is 0 Å². The number of aryl methyl sites for hydroxylation is 1. The minimum atomic E-state index is -0.142. The fourth-order valence-electron chi connectivity index (χ4n) is 1.78. The van der Waals surface area contributed by atoms with E-state index in [1.54, 1.807) is 6.07 Å². The molecule has 1 aliphatic carbocycles. The molecule has 0 spiro atoms. The van der Waals surface area contributed by atoms with Gasteiger partial charge < -0.3 is 0 Å². The summed E-state index contributed by atoms with van der Waals surface area (Å²) in [6.07, 6.45) is 0.736. The zero-order chi connectivity index (χ0) is 11.9. The molecule has 0 fully saturated rings. The van der Waals surface area contributed by atoms with E-state index in [1.165, 1.54) is 0 Å². The van der Waals surface area contributed by atoms with Gasteiger partial charge in [0.25, 0.3) is 0 Å². The predicted octanol–water partition coefficient (Wildman–Crippen LogP) is 3.63. The van der Waals surface area contributed by atoms with Crippen molar-refractivity contribution < 1.29 is 9.59 Å². The van der Waals surface area contributed by atoms with Gasteiger partial charge in [-0.1, -0.05) is 25.1 Å². The summed E-state index contributed by atoms with van der Waals surface area (Å²) in [7, 11) is 0. The van der Waals surface area contributed by atoms with Gasteiger partial charge in [-0.05, 0) is 43.8 Å². The molecular formula is C12H8Br2O2. The molecule has 1 aromatic carbocycles. The Hall–Kier alpha value is -0.740. The van der Waals surface area contributed by atoms with E-state index >= 15 is 0 Å². The Bertz CT molecular complexity index is 530. The number of fused-ring (bicyclic) bond motifs is 1. The lowest BCUT2D eigenvalue weighted by molar-refractivity contribution is 0.0989. The van der Waals surface area contributed by atoms with Crippen molar-refractivity contribution in [3.05, 3.63) is 43.9 Å². The molecule has 0 heterocycles. The van der Waals surface area contributed by atoms with Gasteiger partial charge in [-0.2, -0.15) is 0 Å². The van der Waals surface area contributed by atoms with Crippen LogP contribution >= 0.6 is 31.9 Å². The van der Waals surface area contributed by atoms with Crippen LogP contribution in [-0.4, -0.2) is 11.6 Å². The molecule has 0 aliphatic heterocycles. The lowest BCUT2D eigenvalue weighted by Crippen LogP contribution is -2.19. The van der Waals surface area contributed by atoms with Gasteiger partial charge in [0.1, 0.15) is 0 Å². The van der Waals surface area contributed by atoms with Crippen LogP contribution in [0.15, 0.2) is 27.2 Å². The summed E-state index contributed by atoms with van der Waals surface area (Å²) in [5.41, 5.74) is 1.93. The molecule has 0 aromatic heterocycles. The number of hydrogen-bond donors (Lipinski definition) is 0. The van der Waals surface area contributed by atoms with Gasteiger partial charge in [-0.25, -0.2) is 0 Å². The number of rotatable bonds is 1. The molecule has 0 bridgehead atoms. The second kappa shape index (κ2) is 4.26. The van der Waals surface area contributed by atoms with Crippen molar-refractivity contribution in [2.45, 2.75) is 13.3 Å². The highest BCUT2D eigenvalue weighted by molar-refractivity contribution is 9.14. The molecule has 0 amide bonds. The molecule has 16 heavy (non-hydrogen) atoms. The van der Waals surface area contributed by atoms with Gasteiger partial charge in [0.15, 0.2) is 0 Å². The minimum Gasteiger partial charge on any atom is -0.288 e. The van der Waals surface area contributed by atoms with Crippen molar-refractivity contribution in [3.8, 4) is 0 Å². The Morgan fingerprint density at radius 2 is 1.69 bits per heavy atom. The van der Waals surface area contributed by atoms with E-state index in [-0.39, 0.29) is 11.6 Å². The number of carbonyl (C=O) groups excluding carboxylic acids is 2. The molecule has 1 aliphatic rings. The van der Waals surface area contributed by atoms with Crippen LogP contribution in [0.5, 0.6) is 0 Å².